The van der Waals surface area contributed by atoms with Crippen molar-refractivity contribution >= 4 is 17.3 Å². The van der Waals surface area contributed by atoms with Gasteiger partial charge in [0.05, 0.1) is 13.7 Å². The monoisotopic (exact) mass is 266 g/mol. The highest BCUT2D eigenvalue weighted by molar-refractivity contribution is 7.80. The van der Waals surface area contributed by atoms with Gasteiger partial charge < -0.3 is 20.1 Å². The first-order chi connectivity index (χ1) is 8.79. The average Bonchev–Trinajstić information content (AvgIpc) is 3.19. The molecule has 4 nitrogen and oxygen atoms in total. The van der Waals surface area contributed by atoms with Crippen molar-refractivity contribution in [1.82, 2.24) is 10.6 Å². The second kappa shape index (κ2) is 6.44. The Hall–Kier alpha value is -1.49. The molecule has 2 rings (SSSR count). The molecular formula is C13H18N2O2S. The minimum atomic E-state index is 0.548. The first-order valence-corrected chi connectivity index (χ1v) is 6.50. The lowest BCUT2D eigenvalue weighted by Crippen LogP contribution is -2.38. The molecule has 0 aromatic heterocycles. The summed E-state index contributed by atoms with van der Waals surface area (Å²) in [4.78, 5) is 0. The molecule has 0 spiro atoms. The van der Waals surface area contributed by atoms with E-state index in [0.29, 0.717) is 24.3 Å². The molecule has 2 N–H and O–H groups in total. The van der Waals surface area contributed by atoms with Crippen LogP contribution in [0.1, 0.15) is 12.8 Å². The van der Waals surface area contributed by atoms with E-state index in [9.17, 15) is 0 Å². The molecule has 0 saturated heterocycles. The van der Waals surface area contributed by atoms with Gasteiger partial charge in [-0.2, -0.15) is 0 Å². The highest BCUT2D eigenvalue weighted by Crippen LogP contribution is 2.25. The molecular weight excluding hydrogens is 248 g/mol. The second-order valence-electron chi connectivity index (χ2n) is 4.17. The zero-order valence-corrected chi connectivity index (χ0v) is 11.3. The lowest BCUT2D eigenvalue weighted by molar-refractivity contribution is 0.298. The Balaban J connectivity index is 1.66. The second-order valence-corrected chi connectivity index (χ2v) is 4.58. The molecule has 0 amide bonds. The number of rotatable bonds is 6. The fourth-order valence-electron chi connectivity index (χ4n) is 1.53. The van der Waals surface area contributed by atoms with Gasteiger partial charge in [-0.1, -0.05) is 12.1 Å². The van der Waals surface area contributed by atoms with Gasteiger partial charge in [0.1, 0.15) is 6.61 Å². The van der Waals surface area contributed by atoms with E-state index < -0.39 is 0 Å². The molecule has 1 aliphatic rings. The minimum absolute atomic E-state index is 0.548. The number of hydrogen-bond acceptors (Lipinski definition) is 3. The summed E-state index contributed by atoms with van der Waals surface area (Å²) < 4.78 is 10.8. The smallest absolute Gasteiger partial charge is 0.166 e. The van der Waals surface area contributed by atoms with Gasteiger partial charge in [-0.05, 0) is 37.2 Å². The molecule has 98 valence electrons. The molecule has 1 aromatic rings. The summed E-state index contributed by atoms with van der Waals surface area (Å²) in [6.45, 7) is 1.23. The Morgan fingerprint density at radius 1 is 1.33 bits per heavy atom. The van der Waals surface area contributed by atoms with E-state index in [0.717, 1.165) is 11.5 Å². The highest BCUT2D eigenvalue weighted by atomic mass is 32.1. The van der Waals surface area contributed by atoms with Gasteiger partial charge >= 0.3 is 0 Å². The first-order valence-electron chi connectivity index (χ1n) is 6.10. The molecule has 0 bridgehead atoms. The summed E-state index contributed by atoms with van der Waals surface area (Å²) >= 11 is 5.15. The van der Waals surface area contributed by atoms with Crippen LogP contribution in [0.15, 0.2) is 24.3 Å². The van der Waals surface area contributed by atoms with E-state index in [4.69, 9.17) is 21.7 Å². The third-order valence-electron chi connectivity index (χ3n) is 2.63. The fraction of sp³-hybridized carbons (Fsp3) is 0.462. The van der Waals surface area contributed by atoms with Gasteiger partial charge in [0.25, 0.3) is 0 Å². The maximum atomic E-state index is 5.62. The van der Waals surface area contributed by atoms with Gasteiger partial charge in [-0.25, -0.2) is 0 Å². The Kier molecular flexibility index (Phi) is 4.64. The van der Waals surface area contributed by atoms with Crippen LogP contribution in [0.5, 0.6) is 11.5 Å². The van der Waals surface area contributed by atoms with Crippen molar-refractivity contribution in [1.29, 1.82) is 0 Å². The third-order valence-corrected chi connectivity index (χ3v) is 2.89. The Morgan fingerprint density at radius 2 is 2.06 bits per heavy atom. The highest BCUT2D eigenvalue weighted by Gasteiger charge is 2.21. The SMILES string of the molecule is COc1ccccc1OCCNC(=S)NC1CC1. The average molecular weight is 266 g/mol. The van der Waals surface area contributed by atoms with Crippen LogP contribution < -0.4 is 20.1 Å². The fourth-order valence-corrected chi connectivity index (χ4v) is 1.80. The van der Waals surface area contributed by atoms with Gasteiger partial charge in [0.15, 0.2) is 16.6 Å². The van der Waals surface area contributed by atoms with Crippen molar-refractivity contribution in [3.8, 4) is 11.5 Å². The number of nitrogens with one attached hydrogen (secondary N) is 2. The number of para-hydroxylation sites is 2. The van der Waals surface area contributed by atoms with E-state index in [1.807, 2.05) is 24.3 Å². The number of hydrogen-bond donors (Lipinski definition) is 2. The van der Waals surface area contributed by atoms with Crippen molar-refractivity contribution < 1.29 is 9.47 Å². The van der Waals surface area contributed by atoms with Crippen LogP contribution in [0.4, 0.5) is 0 Å². The first kappa shape index (κ1) is 13.0. The Labute approximate surface area is 113 Å². The van der Waals surface area contributed by atoms with E-state index in [2.05, 4.69) is 10.6 Å². The van der Waals surface area contributed by atoms with Crippen molar-refractivity contribution in [3.63, 3.8) is 0 Å². The molecule has 0 unspecified atom stereocenters. The molecule has 0 radical (unpaired) electrons. The van der Waals surface area contributed by atoms with Gasteiger partial charge in [-0.3, -0.25) is 0 Å². The molecule has 0 heterocycles. The quantitative estimate of drug-likeness (QED) is 0.606. The van der Waals surface area contributed by atoms with Crippen LogP contribution in [-0.2, 0) is 0 Å². The Bertz CT molecular complexity index is 408. The van der Waals surface area contributed by atoms with Crippen LogP contribution >= 0.6 is 12.2 Å². The maximum Gasteiger partial charge on any atom is 0.166 e. The van der Waals surface area contributed by atoms with E-state index in [-0.39, 0.29) is 0 Å². The maximum absolute atomic E-state index is 5.62. The molecule has 1 aliphatic carbocycles. The summed E-state index contributed by atoms with van der Waals surface area (Å²) in [6.07, 6.45) is 2.44. The van der Waals surface area contributed by atoms with Crippen LogP contribution in [-0.4, -0.2) is 31.4 Å². The lowest BCUT2D eigenvalue weighted by atomic mass is 10.3. The van der Waals surface area contributed by atoms with E-state index in [1.165, 1.54) is 12.8 Å². The molecule has 0 aliphatic heterocycles. The zero-order chi connectivity index (χ0) is 12.8. The summed E-state index contributed by atoms with van der Waals surface area (Å²) in [5, 5.41) is 7.04. The van der Waals surface area contributed by atoms with Crippen LogP contribution in [0, 0.1) is 0 Å². The van der Waals surface area contributed by atoms with Gasteiger partial charge in [0.2, 0.25) is 0 Å². The molecule has 1 fully saturated rings. The standard InChI is InChI=1S/C13H18N2O2S/c1-16-11-4-2-3-5-12(11)17-9-8-14-13(18)15-10-6-7-10/h2-5,10H,6-9H2,1H3,(H2,14,15,18). The molecule has 5 heteroatoms. The lowest BCUT2D eigenvalue weighted by Gasteiger charge is -2.12. The normalized spacial score (nSPS) is 13.8. The Morgan fingerprint density at radius 3 is 2.72 bits per heavy atom. The zero-order valence-electron chi connectivity index (χ0n) is 10.4. The van der Waals surface area contributed by atoms with Gasteiger partial charge in [-0.15, -0.1) is 0 Å². The van der Waals surface area contributed by atoms with Crippen LogP contribution in [0.2, 0.25) is 0 Å². The van der Waals surface area contributed by atoms with Crippen molar-refractivity contribution in [3.05, 3.63) is 24.3 Å². The van der Waals surface area contributed by atoms with Crippen LogP contribution in [0.25, 0.3) is 0 Å². The predicted octanol–water partition coefficient (Wildman–Crippen LogP) is 1.70. The minimum Gasteiger partial charge on any atom is -0.493 e. The molecule has 1 saturated carbocycles. The van der Waals surface area contributed by atoms with E-state index in [1.54, 1.807) is 7.11 Å². The number of ether oxygens (including phenoxy) is 2. The van der Waals surface area contributed by atoms with Crippen molar-refractivity contribution in [2.45, 2.75) is 18.9 Å². The summed E-state index contributed by atoms with van der Waals surface area (Å²) in [7, 11) is 1.63. The molecule has 1 aromatic carbocycles. The topological polar surface area (TPSA) is 42.5 Å². The number of thiocarbonyl (C=S) groups is 1. The summed E-state index contributed by atoms with van der Waals surface area (Å²) in [5.41, 5.74) is 0. The number of methoxy groups -OCH3 is 1. The number of benzene rings is 1. The molecule has 18 heavy (non-hydrogen) atoms. The molecule has 0 atom stereocenters. The van der Waals surface area contributed by atoms with Gasteiger partial charge in [0, 0.05) is 6.04 Å². The van der Waals surface area contributed by atoms with Crippen molar-refractivity contribution in [2.75, 3.05) is 20.3 Å². The van der Waals surface area contributed by atoms with Crippen LogP contribution in [0.3, 0.4) is 0 Å². The summed E-state index contributed by atoms with van der Waals surface area (Å²) in [5.74, 6) is 1.50. The van der Waals surface area contributed by atoms with E-state index >= 15 is 0 Å². The van der Waals surface area contributed by atoms with Crippen molar-refractivity contribution in [2.24, 2.45) is 0 Å². The third kappa shape index (κ3) is 4.07. The summed E-state index contributed by atoms with van der Waals surface area (Å²) in [6, 6.07) is 8.19. The predicted molar refractivity (Wildman–Crippen MR) is 75.2 cm³/mol. The largest absolute Gasteiger partial charge is 0.493 e.